The zero-order valence-corrected chi connectivity index (χ0v) is 9.17. The van der Waals surface area contributed by atoms with Crippen molar-refractivity contribution in [2.75, 3.05) is 5.88 Å². The molecule has 0 radical (unpaired) electrons. The van der Waals surface area contributed by atoms with Crippen molar-refractivity contribution in [2.24, 2.45) is 0 Å². The number of aryl methyl sites for hydroxylation is 1. The van der Waals surface area contributed by atoms with Crippen molar-refractivity contribution in [3.05, 3.63) is 34.9 Å². The molecule has 15 heavy (non-hydrogen) atoms. The molecule has 0 saturated carbocycles. The van der Waals surface area contributed by atoms with Crippen molar-refractivity contribution >= 4 is 11.6 Å². The molecule has 0 aliphatic rings. The number of unbranched alkanes of at least 4 members (excludes halogenated alkanes) is 1. The summed E-state index contributed by atoms with van der Waals surface area (Å²) in [6.07, 6.45) is 1.35. The molecule has 80 valence electrons. The Hall–Kier alpha value is -1.07. The lowest BCUT2D eigenvalue weighted by atomic mass is 10.1. The molecule has 1 aromatic carbocycles. The molecule has 1 rings (SSSR count). The zero-order chi connectivity index (χ0) is 11.3. The van der Waals surface area contributed by atoms with Gasteiger partial charge in [0.05, 0.1) is 5.56 Å². The number of hydrogen-bond acceptors (Lipinski definition) is 0. The van der Waals surface area contributed by atoms with E-state index in [-0.39, 0.29) is 5.56 Å². The molecular weight excluding hydrogens is 218 g/mol. The summed E-state index contributed by atoms with van der Waals surface area (Å²) in [5.74, 6) is 4.18. The number of hydrogen-bond donors (Lipinski definition) is 0. The van der Waals surface area contributed by atoms with Crippen LogP contribution in [0.3, 0.4) is 0 Å². The highest BCUT2D eigenvalue weighted by Gasteiger charge is 2.08. The van der Waals surface area contributed by atoms with Crippen LogP contribution in [0.5, 0.6) is 0 Å². The predicted octanol–water partition coefficient (Wildman–Crippen LogP) is 3.64. The number of benzene rings is 1. The van der Waals surface area contributed by atoms with E-state index in [1.165, 1.54) is 19.1 Å². The summed E-state index contributed by atoms with van der Waals surface area (Å²) < 4.78 is 26.4. The zero-order valence-electron chi connectivity index (χ0n) is 8.41. The molecule has 1 aromatic rings. The van der Waals surface area contributed by atoms with Crippen LogP contribution >= 0.6 is 11.6 Å². The van der Waals surface area contributed by atoms with Crippen molar-refractivity contribution < 1.29 is 8.78 Å². The van der Waals surface area contributed by atoms with Gasteiger partial charge in [0.2, 0.25) is 0 Å². The van der Waals surface area contributed by atoms with Gasteiger partial charge < -0.3 is 0 Å². The second-order valence-corrected chi connectivity index (χ2v) is 3.53. The van der Waals surface area contributed by atoms with Crippen molar-refractivity contribution in [1.82, 2.24) is 0 Å². The van der Waals surface area contributed by atoms with Gasteiger partial charge in [-0.3, -0.25) is 0 Å². The average molecular weight is 229 g/mol. The molecule has 0 amide bonds. The van der Waals surface area contributed by atoms with Gasteiger partial charge in [-0.15, -0.1) is 11.6 Å². The fraction of sp³-hybridized carbons (Fsp3) is 0.333. The topological polar surface area (TPSA) is 0 Å². The Morgan fingerprint density at radius 2 is 2.00 bits per heavy atom. The molecule has 0 saturated heterocycles. The van der Waals surface area contributed by atoms with Crippen LogP contribution in [0, 0.1) is 30.4 Å². The maximum Gasteiger partial charge on any atom is 0.174 e. The third-order valence-corrected chi connectivity index (χ3v) is 2.20. The van der Waals surface area contributed by atoms with E-state index in [1.807, 2.05) is 0 Å². The van der Waals surface area contributed by atoms with E-state index < -0.39 is 11.6 Å². The van der Waals surface area contributed by atoms with E-state index in [9.17, 15) is 8.78 Å². The summed E-state index contributed by atoms with van der Waals surface area (Å²) in [7, 11) is 0. The number of alkyl halides is 1. The monoisotopic (exact) mass is 228 g/mol. The standard InChI is InChI=1S/C12H11ClF2/c1-9-6-7-10(12(15)11(9)14)5-3-2-4-8-13/h6-7H,2,4,8H2,1H3. The fourth-order valence-electron chi connectivity index (χ4n) is 1.06. The Morgan fingerprint density at radius 1 is 1.27 bits per heavy atom. The Kier molecular flexibility index (Phi) is 4.58. The van der Waals surface area contributed by atoms with Crippen LogP contribution in [0.25, 0.3) is 0 Å². The van der Waals surface area contributed by atoms with Gasteiger partial charge in [0.25, 0.3) is 0 Å². The van der Waals surface area contributed by atoms with E-state index in [2.05, 4.69) is 11.8 Å². The van der Waals surface area contributed by atoms with E-state index in [0.717, 1.165) is 6.42 Å². The first-order valence-electron chi connectivity index (χ1n) is 4.66. The summed E-state index contributed by atoms with van der Waals surface area (Å²) >= 11 is 5.46. The minimum atomic E-state index is -0.867. The lowest BCUT2D eigenvalue weighted by Crippen LogP contribution is -1.92. The first-order chi connectivity index (χ1) is 7.16. The van der Waals surface area contributed by atoms with Gasteiger partial charge in [-0.2, -0.15) is 0 Å². The number of halogens is 3. The summed E-state index contributed by atoms with van der Waals surface area (Å²) in [4.78, 5) is 0. The quantitative estimate of drug-likeness (QED) is 0.412. The second kappa shape index (κ2) is 5.72. The third kappa shape index (κ3) is 3.21. The molecule has 0 aliphatic carbocycles. The molecule has 0 atom stereocenters. The second-order valence-electron chi connectivity index (χ2n) is 3.15. The van der Waals surface area contributed by atoms with Crippen LogP contribution in [-0.4, -0.2) is 5.88 Å². The van der Waals surface area contributed by atoms with Gasteiger partial charge in [0, 0.05) is 12.3 Å². The van der Waals surface area contributed by atoms with Gasteiger partial charge in [-0.25, -0.2) is 8.78 Å². The summed E-state index contributed by atoms with van der Waals surface area (Å²) in [5.41, 5.74) is 0.395. The molecule has 0 bridgehead atoms. The van der Waals surface area contributed by atoms with Crippen molar-refractivity contribution in [3.8, 4) is 11.8 Å². The van der Waals surface area contributed by atoms with Gasteiger partial charge in [0.1, 0.15) is 0 Å². The summed E-state index contributed by atoms with van der Waals surface area (Å²) in [5, 5.41) is 0. The lowest BCUT2D eigenvalue weighted by molar-refractivity contribution is 0.501. The Labute approximate surface area is 93.3 Å². The van der Waals surface area contributed by atoms with Crippen LogP contribution < -0.4 is 0 Å². The van der Waals surface area contributed by atoms with E-state index >= 15 is 0 Å². The van der Waals surface area contributed by atoms with Crippen molar-refractivity contribution in [3.63, 3.8) is 0 Å². The van der Waals surface area contributed by atoms with Gasteiger partial charge >= 0.3 is 0 Å². The minimum Gasteiger partial charge on any atom is -0.203 e. The van der Waals surface area contributed by atoms with Crippen LogP contribution in [0.15, 0.2) is 12.1 Å². The normalized spacial score (nSPS) is 9.60. The van der Waals surface area contributed by atoms with Crippen LogP contribution in [0.2, 0.25) is 0 Å². The van der Waals surface area contributed by atoms with Crippen molar-refractivity contribution in [2.45, 2.75) is 19.8 Å². The van der Waals surface area contributed by atoms with E-state index in [0.29, 0.717) is 17.9 Å². The Balaban J connectivity index is 2.85. The maximum atomic E-state index is 13.3. The molecule has 3 heteroatoms. The van der Waals surface area contributed by atoms with Gasteiger partial charge in [-0.1, -0.05) is 17.9 Å². The number of rotatable bonds is 2. The molecule has 0 heterocycles. The molecule has 0 unspecified atom stereocenters. The van der Waals surface area contributed by atoms with Crippen LogP contribution in [-0.2, 0) is 0 Å². The van der Waals surface area contributed by atoms with E-state index in [1.54, 1.807) is 0 Å². The molecule has 0 aromatic heterocycles. The Bertz CT molecular complexity index is 402. The third-order valence-electron chi connectivity index (χ3n) is 1.93. The van der Waals surface area contributed by atoms with Gasteiger partial charge in [-0.05, 0) is 25.0 Å². The van der Waals surface area contributed by atoms with Crippen molar-refractivity contribution in [1.29, 1.82) is 0 Å². The SMILES string of the molecule is Cc1ccc(C#CCCCCl)c(F)c1F. The molecule has 0 spiro atoms. The molecule has 0 nitrogen and oxygen atoms in total. The summed E-state index contributed by atoms with van der Waals surface area (Å²) in [6, 6.07) is 3.01. The molecule has 0 aliphatic heterocycles. The van der Waals surface area contributed by atoms with Gasteiger partial charge in [0.15, 0.2) is 11.6 Å². The predicted molar refractivity (Wildman–Crippen MR) is 57.9 cm³/mol. The fourth-order valence-corrected chi connectivity index (χ4v) is 1.19. The first kappa shape index (κ1) is 12.0. The highest BCUT2D eigenvalue weighted by molar-refractivity contribution is 6.17. The smallest absolute Gasteiger partial charge is 0.174 e. The van der Waals surface area contributed by atoms with E-state index in [4.69, 9.17) is 11.6 Å². The highest BCUT2D eigenvalue weighted by atomic mass is 35.5. The molecule has 0 fully saturated rings. The molecular formula is C12H11ClF2. The summed E-state index contributed by atoms with van der Waals surface area (Å²) in [6.45, 7) is 1.52. The lowest BCUT2D eigenvalue weighted by Gasteiger charge is -1.99. The minimum absolute atomic E-state index is 0.104. The maximum absolute atomic E-state index is 13.3. The van der Waals surface area contributed by atoms with Crippen LogP contribution in [0.1, 0.15) is 24.0 Å². The van der Waals surface area contributed by atoms with Crippen LogP contribution in [0.4, 0.5) is 8.78 Å². The largest absolute Gasteiger partial charge is 0.203 e. The molecule has 0 N–H and O–H groups in total. The highest BCUT2D eigenvalue weighted by Crippen LogP contribution is 2.14. The first-order valence-corrected chi connectivity index (χ1v) is 5.19. The Morgan fingerprint density at radius 3 is 2.67 bits per heavy atom. The average Bonchev–Trinajstić information content (AvgIpc) is 2.24.